The topological polar surface area (TPSA) is 56.1 Å². The first kappa shape index (κ1) is 16.8. The van der Waals surface area contributed by atoms with Crippen LogP contribution in [0.15, 0.2) is 11.8 Å². The van der Waals surface area contributed by atoms with Gasteiger partial charge >= 0.3 is 0 Å². The van der Waals surface area contributed by atoms with Crippen LogP contribution in [-0.4, -0.2) is 36.3 Å². The number of nitriles is 1. The standard InChI is InChI=1S/C13H22ClN3O/c1-3-5-9-17(8-4-2)11-12(10-15)13(18)16-7-6-14/h11H,3-9H2,1-2H3,(H,16,18)/b12-11-. The number of halogens is 1. The molecule has 18 heavy (non-hydrogen) atoms. The Kier molecular flexibility index (Phi) is 10.2. The van der Waals surface area contributed by atoms with Crippen molar-refractivity contribution in [2.24, 2.45) is 0 Å². The van der Waals surface area contributed by atoms with Gasteiger partial charge in [-0.15, -0.1) is 11.6 Å². The SMILES string of the molecule is CCCCN(/C=C(/C#N)C(=O)NCCCl)CCC. The van der Waals surface area contributed by atoms with Crippen LogP contribution in [0.1, 0.15) is 33.1 Å². The maximum atomic E-state index is 11.7. The number of nitrogens with one attached hydrogen (secondary N) is 1. The minimum Gasteiger partial charge on any atom is -0.376 e. The number of alkyl halides is 1. The smallest absolute Gasteiger partial charge is 0.263 e. The number of unbranched alkanes of at least 4 members (excludes halogenated alkanes) is 1. The van der Waals surface area contributed by atoms with E-state index in [2.05, 4.69) is 19.2 Å². The Balaban J connectivity index is 4.59. The molecule has 0 aliphatic heterocycles. The summed E-state index contributed by atoms with van der Waals surface area (Å²) in [6.45, 7) is 6.30. The van der Waals surface area contributed by atoms with Crippen molar-refractivity contribution in [3.8, 4) is 6.07 Å². The lowest BCUT2D eigenvalue weighted by atomic mass is 10.2. The number of hydrogen-bond acceptors (Lipinski definition) is 3. The highest BCUT2D eigenvalue weighted by Gasteiger charge is 2.10. The maximum absolute atomic E-state index is 11.7. The lowest BCUT2D eigenvalue weighted by Crippen LogP contribution is -2.28. The van der Waals surface area contributed by atoms with Crippen LogP contribution in [0.4, 0.5) is 0 Å². The van der Waals surface area contributed by atoms with Crippen molar-refractivity contribution in [1.82, 2.24) is 10.2 Å². The van der Waals surface area contributed by atoms with Crippen LogP contribution in [0.5, 0.6) is 0 Å². The van der Waals surface area contributed by atoms with E-state index in [9.17, 15) is 4.79 Å². The Labute approximate surface area is 115 Å². The first-order valence-electron chi connectivity index (χ1n) is 6.39. The van der Waals surface area contributed by atoms with E-state index < -0.39 is 0 Å². The second kappa shape index (κ2) is 10.9. The summed E-state index contributed by atoms with van der Waals surface area (Å²) in [5, 5.41) is 11.6. The molecule has 0 aromatic rings. The van der Waals surface area contributed by atoms with E-state index in [0.29, 0.717) is 12.4 Å². The number of nitrogens with zero attached hydrogens (tertiary/aromatic N) is 2. The second-order valence-corrected chi connectivity index (χ2v) is 4.37. The molecule has 0 aromatic carbocycles. The van der Waals surface area contributed by atoms with Crippen molar-refractivity contribution in [3.63, 3.8) is 0 Å². The van der Waals surface area contributed by atoms with Gasteiger partial charge in [0, 0.05) is 31.7 Å². The molecule has 4 nitrogen and oxygen atoms in total. The highest BCUT2D eigenvalue weighted by molar-refractivity contribution is 6.18. The summed E-state index contributed by atoms with van der Waals surface area (Å²) in [5.74, 6) is -0.00497. The zero-order chi connectivity index (χ0) is 13.8. The summed E-state index contributed by atoms with van der Waals surface area (Å²) in [7, 11) is 0. The van der Waals surface area contributed by atoms with Crippen molar-refractivity contribution < 1.29 is 4.79 Å². The Hall–Kier alpha value is -1.21. The molecule has 0 heterocycles. The molecule has 0 rings (SSSR count). The summed E-state index contributed by atoms with van der Waals surface area (Å²) >= 11 is 5.49. The molecule has 0 aromatic heterocycles. The Morgan fingerprint density at radius 2 is 2.11 bits per heavy atom. The van der Waals surface area contributed by atoms with Gasteiger partial charge in [0.05, 0.1) is 0 Å². The number of carbonyl (C=O) groups excluding carboxylic acids is 1. The Bertz CT molecular complexity index is 310. The molecule has 0 saturated carbocycles. The van der Waals surface area contributed by atoms with Crippen molar-refractivity contribution in [2.45, 2.75) is 33.1 Å². The van der Waals surface area contributed by atoms with Crippen LogP contribution in [0, 0.1) is 11.3 Å². The zero-order valence-electron chi connectivity index (χ0n) is 11.2. The van der Waals surface area contributed by atoms with Gasteiger partial charge in [-0.1, -0.05) is 20.3 Å². The highest BCUT2D eigenvalue weighted by Crippen LogP contribution is 2.02. The molecule has 0 saturated heterocycles. The molecular weight excluding hydrogens is 250 g/mol. The lowest BCUT2D eigenvalue weighted by molar-refractivity contribution is -0.117. The van der Waals surface area contributed by atoms with Crippen molar-refractivity contribution >= 4 is 17.5 Å². The largest absolute Gasteiger partial charge is 0.376 e. The number of hydrogen-bond donors (Lipinski definition) is 1. The van der Waals surface area contributed by atoms with E-state index in [0.717, 1.165) is 32.4 Å². The summed E-state index contributed by atoms with van der Waals surface area (Å²) in [6.07, 6.45) is 4.79. The molecule has 0 aliphatic carbocycles. The van der Waals surface area contributed by atoms with Crippen LogP contribution in [0.3, 0.4) is 0 Å². The van der Waals surface area contributed by atoms with E-state index >= 15 is 0 Å². The van der Waals surface area contributed by atoms with E-state index in [1.807, 2.05) is 11.0 Å². The fraction of sp³-hybridized carbons (Fsp3) is 0.692. The van der Waals surface area contributed by atoms with Crippen LogP contribution in [-0.2, 0) is 4.79 Å². The minimum atomic E-state index is -0.351. The molecule has 0 aliphatic rings. The second-order valence-electron chi connectivity index (χ2n) is 3.99. The van der Waals surface area contributed by atoms with Gasteiger partial charge in [0.15, 0.2) is 0 Å². The van der Waals surface area contributed by atoms with Crippen molar-refractivity contribution in [2.75, 3.05) is 25.5 Å². The molecule has 0 spiro atoms. The van der Waals surface area contributed by atoms with Gasteiger partial charge in [-0.05, 0) is 12.8 Å². The molecule has 5 heteroatoms. The molecule has 1 N–H and O–H groups in total. The first-order valence-corrected chi connectivity index (χ1v) is 6.93. The van der Waals surface area contributed by atoms with Crippen LogP contribution < -0.4 is 5.32 Å². The normalized spacial score (nSPS) is 10.9. The van der Waals surface area contributed by atoms with E-state index in [1.165, 1.54) is 0 Å². The fourth-order valence-electron chi connectivity index (χ4n) is 1.47. The van der Waals surface area contributed by atoms with Gasteiger partial charge in [0.1, 0.15) is 11.6 Å². The third-order valence-corrected chi connectivity index (χ3v) is 2.56. The van der Waals surface area contributed by atoms with Gasteiger partial charge in [0.2, 0.25) is 0 Å². The fourth-order valence-corrected chi connectivity index (χ4v) is 1.56. The average molecular weight is 272 g/mol. The van der Waals surface area contributed by atoms with E-state index in [4.69, 9.17) is 16.9 Å². The molecule has 0 atom stereocenters. The molecule has 0 radical (unpaired) electrons. The van der Waals surface area contributed by atoms with Crippen molar-refractivity contribution in [1.29, 1.82) is 5.26 Å². The summed E-state index contributed by atoms with van der Waals surface area (Å²) in [6, 6.07) is 1.94. The third-order valence-electron chi connectivity index (χ3n) is 2.37. The minimum absolute atomic E-state index is 0.143. The number of rotatable bonds is 9. The molecule has 102 valence electrons. The quantitative estimate of drug-likeness (QED) is 0.398. The lowest BCUT2D eigenvalue weighted by Gasteiger charge is -2.19. The van der Waals surface area contributed by atoms with E-state index in [-0.39, 0.29) is 11.5 Å². The molecule has 0 bridgehead atoms. The van der Waals surface area contributed by atoms with Crippen LogP contribution in [0.25, 0.3) is 0 Å². The van der Waals surface area contributed by atoms with E-state index in [1.54, 1.807) is 6.20 Å². The molecule has 1 amide bonds. The predicted molar refractivity (Wildman–Crippen MR) is 74.2 cm³/mol. The van der Waals surface area contributed by atoms with Gasteiger partial charge in [0.25, 0.3) is 5.91 Å². The van der Waals surface area contributed by atoms with Gasteiger partial charge in [-0.25, -0.2) is 0 Å². The molecule has 0 fully saturated rings. The first-order chi connectivity index (χ1) is 8.69. The maximum Gasteiger partial charge on any atom is 0.263 e. The molecule has 0 unspecified atom stereocenters. The Morgan fingerprint density at radius 3 is 2.61 bits per heavy atom. The highest BCUT2D eigenvalue weighted by atomic mass is 35.5. The summed E-state index contributed by atoms with van der Waals surface area (Å²) in [5.41, 5.74) is 0.143. The van der Waals surface area contributed by atoms with Gasteiger partial charge < -0.3 is 10.2 Å². The van der Waals surface area contributed by atoms with Gasteiger partial charge in [-0.3, -0.25) is 4.79 Å². The zero-order valence-corrected chi connectivity index (χ0v) is 12.0. The Morgan fingerprint density at radius 1 is 1.39 bits per heavy atom. The average Bonchev–Trinajstić information content (AvgIpc) is 2.39. The van der Waals surface area contributed by atoms with Crippen LogP contribution in [0.2, 0.25) is 0 Å². The summed E-state index contributed by atoms with van der Waals surface area (Å²) in [4.78, 5) is 13.7. The predicted octanol–water partition coefficient (Wildman–Crippen LogP) is 2.26. The number of amides is 1. The summed E-state index contributed by atoms with van der Waals surface area (Å²) < 4.78 is 0. The monoisotopic (exact) mass is 271 g/mol. The van der Waals surface area contributed by atoms with Crippen LogP contribution >= 0.6 is 11.6 Å². The van der Waals surface area contributed by atoms with Gasteiger partial charge in [-0.2, -0.15) is 5.26 Å². The van der Waals surface area contributed by atoms with Crippen molar-refractivity contribution in [3.05, 3.63) is 11.8 Å². The number of carbonyl (C=O) groups is 1. The molecular formula is C13H22ClN3O. The third kappa shape index (κ3) is 7.18.